The molecule has 0 spiro atoms. The molecule has 122 valence electrons. The van der Waals surface area contributed by atoms with E-state index in [-0.39, 0.29) is 5.56 Å². The summed E-state index contributed by atoms with van der Waals surface area (Å²) in [4.78, 5) is 11.0. The Morgan fingerprint density at radius 1 is 0.920 bits per heavy atom. The Bertz CT molecular complexity index is 1080. The summed E-state index contributed by atoms with van der Waals surface area (Å²) in [6.07, 6.45) is 1.97. The summed E-state index contributed by atoms with van der Waals surface area (Å²) in [5.41, 5.74) is 5.12. The summed E-state index contributed by atoms with van der Waals surface area (Å²) < 4.78 is 1.95. The van der Waals surface area contributed by atoms with Gasteiger partial charge in [-0.2, -0.15) is 0 Å². The maximum absolute atomic E-state index is 11.0. The second-order valence-electron chi connectivity index (χ2n) is 5.92. The van der Waals surface area contributed by atoms with Crippen molar-refractivity contribution in [3.8, 4) is 22.5 Å². The molecule has 25 heavy (non-hydrogen) atoms. The monoisotopic (exact) mass is 329 g/mol. The number of rotatable bonds is 3. The molecule has 0 aliphatic rings. The first-order valence-corrected chi connectivity index (χ1v) is 7.87. The van der Waals surface area contributed by atoms with Crippen LogP contribution in [0.1, 0.15) is 15.9 Å². The molecule has 0 fully saturated rings. The molecule has 0 saturated carbocycles. The van der Waals surface area contributed by atoms with Crippen LogP contribution in [0.25, 0.3) is 28.2 Å². The molecule has 0 saturated heterocycles. The molecular formula is C20H15N3O2. The first kappa shape index (κ1) is 15.1. The average Bonchev–Trinajstić information content (AvgIpc) is 3.05. The molecule has 2 heterocycles. The molecular weight excluding hydrogens is 314 g/mol. The van der Waals surface area contributed by atoms with E-state index < -0.39 is 5.97 Å². The van der Waals surface area contributed by atoms with Gasteiger partial charge in [0.1, 0.15) is 0 Å². The van der Waals surface area contributed by atoms with E-state index in [0.717, 1.165) is 33.7 Å². The van der Waals surface area contributed by atoms with Crippen LogP contribution in [-0.2, 0) is 0 Å². The SMILES string of the molecule is Cc1cccc(-c2nnc3ccc(-c4ccc(C(=O)O)cc4)cn23)c1. The maximum Gasteiger partial charge on any atom is 0.335 e. The second kappa shape index (κ2) is 5.87. The number of benzene rings is 2. The molecule has 1 N–H and O–H groups in total. The van der Waals surface area contributed by atoms with Crippen LogP contribution in [-0.4, -0.2) is 25.7 Å². The fraction of sp³-hybridized carbons (Fsp3) is 0.0500. The van der Waals surface area contributed by atoms with Crippen LogP contribution in [0, 0.1) is 6.92 Å². The molecule has 2 aromatic carbocycles. The van der Waals surface area contributed by atoms with E-state index in [4.69, 9.17) is 5.11 Å². The number of hydrogen-bond acceptors (Lipinski definition) is 3. The lowest BCUT2D eigenvalue weighted by atomic mass is 10.1. The molecule has 0 unspecified atom stereocenters. The Hall–Kier alpha value is -3.47. The smallest absolute Gasteiger partial charge is 0.335 e. The van der Waals surface area contributed by atoms with Crippen molar-refractivity contribution < 1.29 is 9.90 Å². The standard InChI is InChI=1S/C20H15N3O2/c1-13-3-2-4-16(11-13)19-22-21-18-10-9-17(12-23(18)19)14-5-7-15(8-6-14)20(24)25/h2-12H,1H3,(H,24,25). The third kappa shape index (κ3) is 2.76. The molecule has 4 rings (SSSR count). The number of hydrogen-bond donors (Lipinski definition) is 1. The van der Waals surface area contributed by atoms with Crippen molar-refractivity contribution in [2.75, 3.05) is 0 Å². The van der Waals surface area contributed by atoms with Gasteiger partial charge in [0.2, 0.25) is 0 Å². The summed E-state index contributed by atoms with van der Waals surface area (Å²) in [6.45, 7) is 2.04. The van der Waals surface area contributed by atoms with Crippen LogP contribution >= 0.6 is 0 Å². The Labute approximate surface area is 144 Å². The molecule has 0 bridgehead atoms. The van der Waals surface area contributed by atoms with Gasteiger partial charge in [-0.05, 0) is 48.4 Å². The minimum atomic E-state index is -0.928. The minimum absolute atomic E-state index is 0.273. The largest absolute Gasteiger partial charge is 0.478 e. The van der Waals surface area contributed by atoms with E-state index >= 15 is 0 Å². The zero-order chi connectivity index (χ0) is 17.4. The summed E-state index contributed by atoms with van der Waals surface area (Å²) >= 11 is 0. The van der Waals surface area contributed by atoms with Crippen LogP contribution in [0.5, 0.6) is 0 Å². The molecule has 0 amide bonds. The first-order valence-electron chi connectivity index (χ1n) is 7.87. The normalized spacial score (nSPS) is 10.9. The fourth-order valence-corrected chi connectivity index (χ4v) is 2.85. The lowest BCUT2D eigenvalue weighted by molar-refractivity contribution is 0.0697. The van der Waals surface area contributed by atoms with Crippen LogP contribution in [0.15, 0.2) is 66.9 Å². The van der Waals surface area contributed by atoms with Crippen molar-refractivity contribution in [1.29, 1.82) is 0 Å². The lowest BCUT2D eigenvalue weighted by Crippen LogP contribution is -1.95. The molecule has 2 aromatic heterocycles. The van der Waals surface area contributed by atoms with Gasteiger partial charge in [0.05, 0.1) is 5.56 Å². The number of aromatic carboxylic acids is 1. The second-order valence-corrected chi connectivity index (χ2v) is 5.92. The highest BCUT2D eigenvalue weighted by Crippen LogP contribution is 2.24. The quantitative estimate of drug-likeness (QED) is 0.615. The molecule has 0 radical (unpaired) electrons. The molecule has 4 aromatic rings. The predicted octanol–water partition coefficient (Wildman–Crippen LogP) is 4.07. The van der Waals surface area contributed by atoms with E-state index in [2.05, 4.69) is 16.3 Å². The number of aromatic nitrogens is 3. The van der Waals surface area contributed by atoms with E-state index in [1.54, 1.807) is 24.3 Å². The van der Waals surface area contributed by atoms with Gasteiger partial charge < -0.3 is 5.11 Å². The average molecular weight is 329 g/mol. The van der Waals surface area contributed by atoms with Crippen LogP contribution in [0.4, 0.5) is 0 Å². The summed E-state index contributed by atoms with van der Waals surface area (Å²) in [6, 6.07) is 18.8. The lowest BCUT2D eigenvalue weighted by Gasteiger charge is -2.06. The Morgan fingerprint density at radius 2 is 1.68 bits per heavy atom. The van der Waals surface area contributed by atoms with E-state index in [9.17, 15) is 4.79 Å². The zero-order valence-corrected chi connectivity index (χ0v) is 13.5. The maximum atomic E-state index is 11.0. The summed E-state index contributed by atoms with van der Waals surface area (Å²) in [5, 5.41) is 17.6. The number of carboxylic acid groups (broad SMARTS) is 1. The zero-order valence-electron chi connectivity index (χ0n) is 13.5. The topological polar surface area (TPSA) is 67.5 Å². The van der Waals surface area contributed by atoms with Crippen molar-refractivity contribution in [2.24, 2.45) is 0 Å². The molecule has 0 atom stereocenters. The number of nitrogens with zero attached hydrogens (tertiary/aromatic N) is 3. The van der Waals surface area contributed by atoms with E-state index in [1.807, 2.05) is 47.9 Å². The number of fused-ring (bicyclic) bond motifs is 1. The molecule has 0 aliphatic carbocycles. The van der Waals surface area contributed by atoms with E-state index in [0.29, 0.717) is 0 Å². The van der Waals surface area contributed by atoms with Gasteiger partial charge in [-0.1, -0.05) is 35.9 Å². The number of pyridine rings is 1. The molecule has 0 aliphatic heterocycles. The summed E-state index contributed by atoms with van der Waals surface area (Å²) in [5.74, 6) is -0.148. The van der Waals surface area contributed by atoms with Gasteiger partial charge in [0.15, 0.2) is 11.5 Å². The highest BCUT2D eigenvalue weighted by molar-refractivity contribution is 5.88. The van der Waals surface area contributed by atoms with Gasteiger partial charge in [0.25, 0.3) is 0 Å². The van der Waals surface area contributed by atoms with Gasteiger partial charge in [0, 0.05) is 11.8 Å². The number of carbonyl (C=O) groups is 1. The summed E-state index contributed by atoms with van der Waals surface area (Å²) in [7, 11) is 0. The fourth-order valence-electron chi connectivity index (χ4n) is 2.85. The van der Waals surface area contributed by atoms with Crippen molar-refractivity contribution in [3.05, 3.63) is 78.0 Å². The Kier molecular flexibility index (Phi) is 3.54. The van der Waals surface area contributed by atoms with Crippen LogP contribution in [0.3, 0.4) is 0 Å². The Balaban J connectivity index is 1.82. The van der Waals surface area contributed by atoms with Gasteiger partial charge in [-0.3, -0.25) is 4.40 Å². The van der Waals surface area contributed by atoms with E-state index in [1.165, 1.54) is 0 Å². The van der Waals surface area contributed by atoms with Gasteiger partial charge in [-0.15, -0.1) is 10.2 Å². The number of carboxylic acids is 1. The Morgan fingerprint density at radius 3 is 2.40 bits per heavy atom. The highest BCUT2D eigenvalue weighted by atomic mass is 16.4. The minimum Gasteiger partial charge on any atom is -0.478 e. The van der Waals surface area contributed by atoms with Crippen molar-refractivity contribution in [3.63, 3.8) is 0 Å². The van der Waals surface area contributed by atoms with Crippen molar-refractivity contribution in [1.82, 2.24) is 14.6 Å². The number of aryl methyl sites for hydroxylation is 1. The van der Waals surface area contributed by atoms with Crippen molar-refractivity contribution >= 4 is 11.6 Å². The van der Waals surface area contributed by atoms with Crippen molar-refractivity contribution in [2.45, 2.75) is 6.92 Å². The van der Waals surface area contributed by atoms with Gasteiger partial charge >= 0.3 is 5.97 Å². The third-order valence-electron chi connectivity index (χ3n) is 4.14. The third-order valence-corrected chi connectivity index (χ3v) is 4.14. The van der Waals surface area contributed by atoms with Crippen LogP contribution < -0.4 is 0 Å². The first-order chi connectivity index (χ1) is 12.1. The molecule has 5 nitrogen and oxygen atoms in total. The van der Waals surface area contributed by atoms with Crippen LogP contribution in [0.2, 0.25) is 0 Å². The van der Waals surface area contributed by atoms with Gasteiger partial charge in [-0.25, -0.2) is 4.79 Å². The highest BCUT2D eigenvalue weighted by Gasteiger charge is 2.10. The molecule has 5 heteroatoms. The predicted molar refractivity (Wildman–Crippen MR) is 95.6 cm³/mol.